The van der Waals surface area contributed by atoms with E-state index in [9.17, 15) is 4.79 Å². The quantitative estimate of drug-likeness (QED) is 0.651. The number of allylic oxidation sites excluding steroid dienone is 1. The smallest absolute Gasteiger partial charge is 0.310 e. The van der Waals surface area contributed by atoms with Crippen LogP contribution < -0.4 is 5.69 Å². The summed E-state index contributed by atoms with van der Waals surface area (Å²) in [6, 6.07) is 1.82. The maximum atomic E-state index is 10.8. The van der Waals surface area contributed by atoms with Crippen LogP contribution in [0, 0.1) is 6.92 Å². The molecule has 11 heavy (non-hydrogen) atoms. The van der Waals surface area contributed by atoms with E-state index in [1.54, 1.807) is 6.08 Å². The van der Waals surface area contributed by atoms with Gasteiger partial charge in [0.2, 0.25) is 0 Å². The molecule has 0 bridgehead atoms. The van der Waals surface area contributed by atoms with Crippen LogP contribution in [0.25, 0.3) is 6.08 Å². The van der Waals surface area contributed by atoms with Gasteiger partial charge in [-0.3, -0.25) is 0 Å². The monoisotopic (exact) mass is 150 g/mol. The molecule has 1 heterocycles. The highest BCUT2D eigenvalue weighted by atomic mass is 16.1. The fraction of sp³-hybridized carbons (Fsp3) is 0.250. The van der Waals surface area contributed by atoms with Gasteiger partial charge in [0.15, 0.2) is 0 Å². The highest BCUT2D eigenvalue weighted by Crippen LogP contribution is 1.95. The molecule has 0 atom stereocenters. The molecule has 3 nitrogen and oxygen atoms in total. The fourth-order valence-electron chi connectivity index (χ4n) is 0.860. The molecular weight excluding hydrogens is 140 g/mol. The lowest BCUT2D eigenvalue weighted by atomic mass is 10.3. The summed E-state index contributed by atoms with van der Waals surface area (Å²) in [5, 5.41) is 0. The summed E-state index contributed by atoms with van der Waals surface area (Å²) in [6.07, 6.45) is 3.64. The Morgan fingerprint density at radius 2 is 2.36 bits per heavy atom. The Labute approximate surface area is 64.8 Å². The number of hydrogen-bond donors (Lipinski definition) is 1. The van der Waals surface area contributed by atoms with Gasteiger partial charge in [0, 0.05) is 5.69 Å². The predicted octanol–water partition coefficient (Wildman–Crippen LogP) is 1.11. The van der Waals surface area contributed by atoms with Crippen molar-refractivity contribution < 1.29 is 0 Å². The molecule has 1 aromatic rings. The van der Waals surface area contributed by atoms with Crippen molar-refractivity contribution >= 4 is 6.08 Å². The maximum Gasteiger partial charge on any atom is 0.345 e. The van der Waals surface area contributed by atoms with Crippen LogP contribution in [0.1, 0.15) is 18.3 Å². The Hall–Kier alpha value is -1.38. The van der Waals surface area contributed by atoms with Gasteiger partial charge in [-0.1, -0.05) is 6.08 Å². The van der Waals surface area contributed by atoms with Crippen molar-refractivity contribution in [1.29, 1.82) is 0 Å². The normalized spacial score (nSPS) is 10.7. The van der Waals surface area contributed by atoms with E-state index in [1.807, 2.05) is 26.0 Å². The van der Waals surface area contributed by atoms with E-state index in [-0.39, 0.29) is 5.69 Å². The molecule has 0 aliphatic carbocycles. The number of aromatic amines is 1. The van der Waals surface area contributed by atoms with E-state index in [1.165, 1.54) is 0 Å². The highest BCUT2D eigenvalue weighted by Gasteiger charge is 1.91. The summed E-state index contributed by atoms with van der Waals surface area (Å²) in [5.41, 5.74) is 1.24. The molecule has 0 aliphatic heterocycles. The second-order valence-corrected chi connectivity index (χ2v) is 2.29. The van der Waals surface area contributed by atoms with Crippen LogP contribution in [0.5, 0.6) is 0 Å². The van der Waals surface area contributed by atoms with Gasteiger partial charge in [0.05, 0.1) is 5.69 Å². The lowest BCUT2D eigenvalue weighted by Crippen LogP contribution is -2.11. The number of rotatable bonds is 1. The molecule has 0 spiro atoms. The van der Waals surface area contributed by atoms with Gasteiger partial charge in [-0.25, -0.2) is 4.79 Å². The molecule has 0 aromatic carbocycles. The van der Waals surface area contributed by atoms with E-state index in [2.05, 4.69) is 9.97 Å². The Morgan fingerprint density at radius 1 is 1.64 bits per heavy atom. The van der Waals surface area contributed by atoms with Gasteiger partial charge in [-0.2, -0.15) is 4.98 Å². The average Bonchev–Trinajstić information content (AvgIpc) is 1.85. The first kappa shape index (κ1) is 7.72. The Morgan fingerprint density at radius 3 is 2.91 bits per heavy atom. The molecular formula is C8H10N2O. The maximum absolute atomic E-state index is 10.8. The summed E-state index contributed by atoms with van der Waals surface area (Å²) in [7, 11) is 0. The van der Waals surface area contributed by atoms with Gasteiger partial charge in [0.25, 0.3) is 0 Å². The van der Waals surface area contributed by atoms with E-state index in [0.29, 0.717) is 5.69 Å². The van der Waals surface area contributed by atoms with Crippen molar-refractivity contribution in [3.05, 3.63) is 34.0 Å². The Bertz CT molecular complexity index is 325. The lowest BCUT2D eigenvalue weighted by molar-refractivity contribution is 1.02. The van der Waals surface area contributed by atoms with Gasteiger partial charge < -0.3 is 4.98 Å². The number of aryl methyl sites for hydroxylation is 1. The molecule has 0 radical (unpaired) electrons. The largest absolute Gasteiger partial charge is 0.345 e. The van der Waals surface area contributed by atoms with Gasteiger partial charge >= 0.3 is 5.69 Å². The molecule has 0 fully saturated rings. The van der Waals surface area contributed by atoms with E-state index in [0.717, 1.165) is 5.69 Å². The topological polar surface area (TPSA) is 45.8 Å². The third-order valence-corrected chi connectivity index (χ3v) is 1.24. The van der Waals surface area contributed by atoms with Crippen LogP contribution in [0.15, 0.2) is 16.9 Å². The van der Waals surface area contributed by atoms with Gasteiger partial charge in [-0.15, -0.1) is 0 Å². The van der Waals surface area contributed by atoms with E-state index < -0.39 is 0 Å². The average molecular weight is 150 g/mol. The third kappa shape index (κ3) is 2.04. The molecule has 0 amide bonds. The zero-order chi connectivity index (χ0) is 8.27. The van der Waals surface area contributed by atoms with Gasteiger partial charge in [-0.05, 0) is 26.0 Å². The number of H-pyrrole nitrogens is 1. The summed E-state index contributed by atoms with van der Waals surface area (Å²) in [5.74, 6) is 0. The van der Waals surface area contributed by atoms with Crippen molar-refractivity contribution in [3.8, 4) is 0 Å². The van der Waals surface area contributed by atoms with E-state index >= 15 is 0 Å². The van der Waals surface area contributed by atoms with E-state index in [4.69, 9.17) is 0 Å². The highest BCUT2D eigenvalue weighted by molar-refractivity contribution is 5.43. The fourth-order valence-corrected chi connectivity index (χ4v) is 0.860. The molecule has 0 aliphatic rings. The first-order valence-electron chi connectivity index (χ1n) is 3.43. The molecule has 0 saturated carbocycles. The number of aromatic nitrogens is 2. The predicted molar refractivity (Wildman–Crippen MR) is 44.3 cm³/mol. The number of nitrogens with zero attached hydrogens (tertiary/aromatic N) is 1. The van der Waals surface area contributed by atoms with Crippen LogP contribution in [0.2, 0.25) is 0 Å². The zero-order valence-corrected chi connectivity index (χ0v) is 6.59. The van der Waals surface area contributed by atoms with Crippen LogP contribution >= 0.6 is 0 Å². The SMILES string of the molecule is CC=Cc1cc(C)[nH]c(=O)n1. The second kappa shape index (κ2) is 3.14. The summed E-state index contributed by atoms with van der Waals surface area (Å²) in [6.45, 7) is 3.72. The molecule has 3 heteroatoms. The standard InChI is InChI=1S/C8H10N2O/c1-3-4-7-5-6(2)9-8(11)10-7/h3-5H,1-2H3,(H,9,10,11). The number of hydrogen-bond acceptors (Lipinski definition) is 2. The number of nitrogens with one attached hydrogen (secondary N) is 1. The zero-order valence-electron chi connectivity index (χ0n) is 6.59. The molecule has 1 aromatic heterocycles. The summed E-state index contributed by atoms with van der Waals surface area (Å²) < 4.78 is 0. The van der Waals surface area contributed by atoms with Crippen molar-refractivity contribution in [2.24, 2.45) is 0 Å². The molecule has 1 N–H and O–H groups in total. The van der Waals surface area contributed by atoms with Crippen molar-refractivity contribution in [2.75, 3.05) is 0 Å². The molecule has 1 rings (SSSR count). The molecule has 0 unspecified atom stereocenters. The minimum absolute atomic E-state index is 0.293. The second-order valence-electron chi connectivity index (χ2n) is 2.29. The lowest BCUT2D eigenvalue weighted by Gasteiger charge is -1.92. The minimum Gasteiger partial charge on any atom is -0.310 e. The van der Waals surface area contributed by atoms with Crippen LogP contribution in [0.4, 0.5) is 0 Å². The van der Waals surface area contributed by atoms with Crippen LogP contribution in [-0.2, 0) is 0 Å². The molecule has 58 valence electrons. The van der Waals surface area contributed by atoms with Crippen molar-refractivity contribution in [1.82, 2.24) is 9.97 Å². The van der Waals surface area contributed by atoms with Gasteiger partial charge in [0.1, 0.15) is 0 Å². The van der Waals surface area contributed by atoms with Crippen LogP contribution in [-0.4, -0.2) is 9.97 Å². The van der Waals surface area contributed by atoms with Crippen molar-refractivity contribution in [2.45, 2.75) is 13.8 Å². The third-order valence-electron chi connectivity index (χ3n) is 1.24. The summed E-state index contributed by atoms with van der Waals surface area (Å²) >= 11 is 0. The summed E-state index contributed by atoms with van der Waals surface area (Å²) in [4.78, 5) is 17.1. The minimum atomic E-state index is -0.293. The van der Waals surface area contributed by atoms with Crippen LogP contribution in [0.3, 0.4) is 0 Å². The van der Waals surface area contributed by atoms with Crippen molar-refractivity contribution in [3.63, 3.8) is 0 Å². The first-order valence-corrected chi connectivity index (χ1v) is 3.43. The molecule has 0 saturated heterocycles. The Kier molecular flexibility index (Phi) is 2.21. The first-order chi connectivity index (χ1) is 5.22. The Balaban J connectivity index is 3.19.